The van der Waals surface area contributed by atoms with E-state index in [1.165, 1.54) is 0 Å². The van der Waals surface area contributed by atoms with Crippen molar-refractivity contribution in [2.45, 2.75) is 20.0 Å². The first-order valence-corrected chi connectivity index (χ1v) is 10.4. The number of hydrogen-bond acceptors (Lipinski definition) is 5. The van der Waals surface area contributed by atoms with Gasteiger partial charge < -0.3 is 5.11 Å². The van der Waals surface area contributed by atoms with Crippen LogP contribution in [0.1, 0.15) is 16.8 Å². The van der Waals surface area contributed by atoms with E-state index in [9.17, 15) is 9.90 Å². The van der Waals surface area contributed by atoms with E-state index in [1.54, 1.807) is 16.7 Å². The van der Waals surface area contributed by atoms with Crippen molar-refractivity contribution in [1.29, 1.82) is 0 Å². The van der Waals surface area contributed by atoms with Gasteiger partial charge >= 0.3 is 0 Å². The van der Waals surface area contributed by atoms with Crippen molar-refractivity contribution in [1.82, 2.24) is 14.5 Å². The van der Waals surface area contributed by atoms with Gasteiger partial charge in [0.15, 0.2) is 0 Å². The molecule has 2 heterocycles. The van der Waals surface area contributed by atoms with E-state index in [0.717, 1.165) is 5.56 Å². The Morgan fingerprint density at radius 2 is 1.87 bits per heavy atom. The van der Waals surface area contributed by atoms with Crippen molar-refractivity contribution in [2.24, 2.45) is 0 Å². The largest absolute Gasteiger partial charge is 0.395 e. The number of hydrogen-bond donors (Lipinski definition) is 1. The number of aliphatic hydroxyl groups is 1. The molecule has 4 rings (SSSR count). The average Bonchev–Trinajstić information content (AvgIpc) is 2.72. The predicted octanol–water partition coefficient (Wildman–Crippen LogP) is 3.81. The fraction of sp³-hybridized carbons (Fsp3) is 0.273. The smallest absolute Gasteiger partial charge is 0.259 e. The van der Waals surface area contributed by atoms with Crippen LogP contribution in [-0.2, 0) is 13.1 Å². The van der Waals surface area contributed by atoms with E-state index in [1.807, 2.05) is 53.1 Å². The third-order valence-electron chi connectivity index (χ3n) is 5.21. The number of β-amino-alcohol motifs (C(OH)–C–C–N with tert-alkyl or cyclic N) is 1. The maximum Gasteiger partial charge on any atom is 0.259 e. The van der Waals surface area contributed by atoms with Gasteiger partial charge in [0, 0.05) is 23.6 Å². The number of benzene rings is 2. The lowest BCUT2D eigenvalue weighted by atomic mass is 10.1. The summed E-state index contributed by atoms with van der Waals surface area (Å²) in [5, 5.41) is 10.5. The Kier molecular flexibility index (Phi) is 6.11. The highest BCUT2D eigenvalue weighted by molar-refractivity contribution is 6.36. The molecular weight excluding hydrogens is 423 g/mol. The molecule has 0 radical (unpaired) electrons. The fourth-order valence-electron chi connectivity index (χ4n) is 3.70. The van der Waals surface area contributed by atoms with Crippen molar-refractivity contribution >= 4 is 34.8 Å². The van der Waals surface area contributed by atoms with Gasteiger partial charge in [0.1, 0.15) is 0 Å². The lowest BCUT2D eigenvalue weighted by molar-refractivity contribution is 0.152. The highest BCUT2D eigenvalue weighted by Gasteiger charge is 2.28. The van der Waals surface area contributed by atoms with Gasteiger partial charge in [-0.15, -0.1) is 0 Å². The summed E-state index contributed by atoms with van der Waals surface area (Å²) in [6.45, 7) is 3.08. The van der Waals surface area contributed by atoms with Crippen LogP contribution in [0.5, 0.6) is 0 Å². The van der Waals surface area contributed by atoms with Gasteiger partial charge in [-0.05, 0) is 30.7 Å². The van der Waals surface area contributed by atoms with Crippen LogP contribution >= 0.6 is 23.2 Å². The normalized spacial score (nSPS) is 14.1. The topological polar surface area (TPSA) is 61.6 Å². The van der Waals surface area contributed by atoms with Crippen LogP contribution < -0.4 is 10.5 Å². The summed E-state index contributed by atoms with van der Waals surface area (Å²) in [5.74, 6) is 0.535. The molecule has 30 heavy (non-hydrogen) atoms. The van der Waals surface area contributed by atoms with Crippen LogP contribution in [0.4, 0.5) is 11.6 Å². The van der Waals surface area contributed by atoms with Crippen LogP contribution in [0.2, 0.25) is 10.0 Å². The molecule has 1 aromatic heterocycles. The molecular formula is C22H22Cl2N4O2. The number of fused-ring (bicyclic) bond motifs is 1. The number of aromatic nitrogens is 2. The zero-order valence-electron chi connectivity index (χ0n) is 16.6. The summed E-state index contributed by atoms with van der Waals surface area (Å²) in [5.41, 5.74) is 3.04. The molecule has 8 heteroatoms. The molecule has 0 atom stereocenters. The number of rotatable bonds is 5. The third-order valence-corrected chi connectivity index (χ3v) is 5.75. The van der Waals surface area contributed by atoms with Crippen LogP contribution in [0.25, 0.3) is 0 Å². The van der Waals surface area contributed by atoms with Gasteiger partial charge in [0.2, 0.25) is 5.95 Å². The molecule has 156 valence electrons. The first-order chi connectivity index (χ1) is 14.5. The predicted molar refractivity (Wildman–Crippen MR) is 120 cm³/mol. The first kappa shape index (κ1) is 20.9. The van der Waals surface area contributed by atoms with Crippen molar-refractivity contribution in [3.05, 3.63) is 85.8 Å². The van der Waals surface area contributed by atoms with E-state index >= 15 is 0 Å². The van der Waals surface area contributed by atoms with Gasteiger partial charge in [0.05, 0.1) is 36.3 Å². The number of anilines is 2. The highest BCUT2D eigenvalue weighted by Crippen LogP contribution is 2.34. The van der Waals surface area contributed by atoms with Crippen LogP contribution in [0.15, 0.2) is 53.3 Å². The van der Waals surface area contributed by atoms with E-state index in [0.29, 0.717) is 59.2 Å². The van der Waals surface area contributed by atoms with Gasteiger partial charge in [-0.3, -0.25) is 19.2 Å². The molecule has 0 amide bonds. The monoisotopic (exact) mass is 444 g/mol. The second kappa shape index (κ2) is 8.78. The SMILES string of the molecule is Cc1nc2n(c(=O)c1Cc1ccccc1)CN(CCO)CN2c1ccc(Cl)cc1Cl. The molecule has 3 aromatic rings. The third kappa shape index (κ3) is 4.09. The molecule has 1 N–H and O–H groups in total. The summed E-state index contributed by atoms with van der Waals surface area (Å²) < 4.78 is 1.65. The Morgan fingerprint density at radius 3 is 2.57 bits per heavy atom. The number of halogens is 2. The lowest BCUT2D eigenvalue weighted by Crippen LogP contribution is -2.48. The van der Waals surface area contributed by atoms with Gasteiger partial charge in [-0.25, -0.2) is 4.98 Å². The number of aryl methyl sites for hydroxylation is 1. The summed E-state index contributed by atoms with van der Waals surface area (Å²) >= 11 is 12.5. The van der Waals surface area contributed by atoms with E-state index < -0.39 is 0 Å². The zero-order chi connectivity index (χ0) is 21.3. The van der Waals surface area contributed by atoms with Gasteiger partial charge in [-0.1, -0.05) is 53.5 Å². The van der Waals surface area contributed by atoms with Gasteiger partial charge in [0.25, 0.3) is 5.56 Å². The van der Waals surface area contributed by atoms with Crippen LogP contribution in [0.3, 0.4) is 0 Å². The Labute approximate surface area is 184 Å². The number of nitrogens with zero attached hydrogens (tertiary/aromatic N) is 4. The molecule has 1 aliphatic rings. The molecule has 2 aromatic carbocycles. The minimum Gasteiger partial charge on any atom is -0.395 e. The second-order valence-corrected chi connectivity index (χ2v) is 8.14. The minimum absolute atomic E-state index is 0.0115. The quantitative estimate of drug-likeness (QED) is 0.647. The maximum absolute atomic E-state index is 13.5. The summed E-state index contributed by atoms with van der Waals surface area (Å²) in [6.07, 6.45) is 0.514. The minimum atomic E-state index is -0.0842. The molecule has 0 bridgehead atoms. The van der Waals surface area contributed by atoms with Gasteiger partial charge in [-0.2, -0.15) is 0 Å². The van der Waals surface area contributed by atoms with Crippen molar-refractivity contribution < 1.29 is 5.11 Å². The Balaban J connectivity index is 1.83. The lowest BCUT2D eigenvalue weighted by Gasteiger charge is -2.38. The van der Waals surface area contributed by atoms with Crippen LogP contribution in [-0.4, -0.2) is 39.4 Å². The molecule has 0 aliphatic carbocycles. The summed E-state index contributed by atoms with van der Waals surface area (Å²) in [4.78, 5) is 22.1. The zero-order valence-corrected chi connectivity index (χ0v) is 18.1. The van der Waals surface area contributed by atoms with E-state index in [-0.39, 0.29) is 12.2 Å². The maximum atomic E-state index is 13.5. The van der Waals surface area contributed by atoms with Crippen molar-refractivity contribution in [3.8, 4) is 0 Å². The Morgan fingerprint density at radius 1 is 1.10 bits per heavy atom. The molecule has 1 aliphatic heterocycles. The second-order valence-electron chi connectivity index (χ2n) is 7.30. The molecule has 6 nitrogen and oxygen atoms in total. The molecule has 0 spiro atoms. The molecule has 0 saturated heterocycles. The summed E-state index contributed by atoms with van der Waals surface area (Å²) in [6, 6.07) is 15.1. The molecule has 0 saturated carbocycles. The standard InChI is InChI=1S/C22H22Cl2N4O2/c1-15-18(11-16-5-3-2-4-6-16)21(30)28-14-26(9-10-29)13-27(22(28)25-15)20-8-7-17(23)12-19(20)24/h2-8,12,29H,9-11,13-14H2,1H3. The van der Waals surface area contributed by atoms with Crippen molar-refractivity contribution in [3.63, 3.8) is 0 Å². The van der Waals surface area contributed by atoms with E-state index in [4.69, 9.17) is 28.2 Å². The molecule has 0 unspecified atom stereocenters. The number of aliphatic hydroxyl groups excluding tert-OH is 1. The highest BCUT2D eigenvalue weighted by atomic mass is 35.5. The Bertz CT molecular complexity index is 1120. The average molecular weight is 445 g/mol. The van der Waals surface area contributed by atoms with Crippen LogP contribution in [0, 0.1) is 6.92 Å². The summed E-state index contributed by atoms with van der Waals surface area (Å²) in [7, 11) is 0. The first-order valence-electron chi connectivity index (χ1n) is 9.68. The fourth-order valence-corrected chi connectivity index (χ4v) is 4.21. The molecule has 0 fully saturated rings. The van der Waals surface area contributed by atoms with Crippen molar-refractivity contribution in [2.75, 3.05) is 24.7 Å². The Hall–Kier alpha value is -2.38. The van der Waals surface area contributed by atoms with E-state index in [2.05, 4.69) is 0 Å².